The van der Waals surface area contributed by atoms with Crippen molar-refractivity contribution >= 4 is 22.9 Å². The first kappa shape index (κ1) is 14.9. The lowest BCUT2D eigenvalue weighted by Crippen LogP contribution is -2.30. The summed E-state index contributed by atoms with van der Waals surface area (Å²) in [5.74, 6) is 0.0351. The minimum atomic E-state index is -0.314. The predicted octanol–water partition coefficient (Wildman–Crippen LogP) is 1.44. The molecular weight excluding hydrogens is 294 g/mol. The van der Waals surface area contributed by atoms with Crippen LogP contribution in [-0.2, 0) is 7.05 Å². The number of aromatic nitrogens is 5. The van der Waals surface area contributed by atoms with Crippen molar-refractivity contribution in [3.05, 3.63) is 41.0 Å². The average molecular weight is 311 g/mol. The molecule has 0 radical (unpaired) electrons. The van der Waals surface area contributed by atoms with Crippen LogP contribution in [0.1, 0.15) is 27.4 Å². The second-order valence-corrected chi connectivity index (χ2v) is 5.36. The number of hydrazine groups is 1. The summed E-state index contributed by atoms with van der Waals surface area (Å²) >= 11 is 0. The molecule has 118 valence electrons. The Bertz CT molecular complexity index is 880. The third-order valence-corrected chi connectivity index (χ3v) is 3.40. The van der Waals surface area contributed by atoms with E-state index in [0.717, 1.165) is 28.1 Å². The minimum Gasteiger partial charge on any atom is -0.267 e. The maximum Gasteiger partial charge on any atom is 0.271 e. The van der Waals surface area contributed by atoms with Gasteiger partial charge in [-0.25, -0.2) is 15.0 Å². The van der Waals surface area contributed by atoms with E-state index < -0.39 is 0 Å². The highest BCUT2D eigenvalue weighted by Crippen LogP contribution is 2.16. The van der Waals surface area contributed by atoms with Gasteiger partial charge < -0.3 is 0 Å². The van der Waals surface area contributed by atoms with Crippen molar-refractivity contribution in [2.24, 2.45) is 7.05 Å². The molecule has 0 fully saturated rings. The van der Waals surface area contributed by atoms with Gasteiger partial charge >= 0.3 is 0 Å². The van der Waals surface area contributed by atoms with Gasteiger partial charge in [0.2, 0.25) is 5.95 Å². The first-order valence-corrected chi connectivity index (χ1v) is 7.12. The number of hydrogen-bond acceptors (Lipinski definition) is 6. The number of rotatable bonds is 3. The molecule has 0 spiro atoms. The van der Waals surface area contributed by atoms with Crippen LogP contribution in [0.4, 0.5) is 5.95 Å². The third-order valence-electron chi connectivity index (χ3n) is 3.40. The zero-order valence-electron chi connectivity index (χ0n) is 13.4. The fourth-order valence-corrected chi connectivity index (χ4v) is 2.40. The lowest BCUT2D eigenvalue weighted by atomic mass is 10.2. The van der Waals surface area contributed by atoms with Gasteiger partial charge in [-0.2, -0.15) is 5.10 Å². The fourth-order valence-electron chi connectivity index (χ4n) is 2.40. The number of anilines is 1. The van der Waals surface area contributed by atoms with Gasteiger partial charge in [0.15, 0.2) is 5.65 Å². The van der Waals surface area contributed by atoms with Gasteiger partial charge in [-0.1, -0.05) is 0 Å². The van der Waals surface area contributed by atoms with E-state index >= 15 is 0 Å². The molecule has 0 atom stereocenters. The third kappa shape index (κ3) is 2.96. The Labute approximate surface area is 132 Å². The van der Waals surface area contributed by atoms with Crippen molar-refractivity contribution in [1.29, 1.82) is 0 Å². The summed E-state index contributed by atoms with van der Waals surface area (Å²) in [4.78, 5) is 24.9. The molecular formula is C15H17N7O. The van der Waals surface area contributed by atoms with Crippen LogP contribution in [0.3, 0.4) is 0 Å². The standard InChI is InChI=1S/C15H17N7O/c1-8-5-9(2)18-15(17-8)20-19-14(23)11-6-12-10(3)21-22(4)13(12)16-7-11/h5-7H,1-4H3,(H,19,23)(H,17,18,20). The maximum atomic E-state index is 12.3. The molecule has 8 nitrogen and oxygen atoms in total. The Morgan fingerprint density at radius 3 is 2.52 bits per heavy atom. The van der Waals surface area contributed by atoms with Gasteiger partial charge in [0.25, 0.3) is 5.91 Å². The number of aryl methyl sites for hydroxylation is 4. The number of nitrogens with one attached hydrogen (secondary N) is 2. The van der Waals surface area contributed by atoms with E-state index in [-0.39, 0.29) is 5.91 Å². The van der Waals surface area contributed by atoms with E-state index in [1.807, 2.05) is 33.9 Å². The average Bonchev–Trinajstić information content (AvgIpc) is 2.78. The van der Waals surface area contributed by atoms with Gasteiger partial charge in [-0.15, -0.1) is 0 Å². The second kappa shape index (κ2) is 5.64. The van der Waals surface area contributed by atoms with Crippen molar-refractivity contribution < 1.29 is 4.79 Å². The van der Waals surface area contributed by atoms with E-state index in [9.17, 15) is 4.79 Å². The second-order valence-electron chi connectivity index (χ2n) is 5.36. The summed E-state index contributed by atoms with van der Waals surface area (Å²) in [6, 6.07) is 3.63. The van der Waals surface area contributed by atoms with Crippen LogP contribution in [0.2, 0.25) is 0 Å². The summed E-state index contributed by atoms with van der Waals surface area (Å²) in [5.41, 5.74) is 8.95. The largest absolute Gasteiger partial charge is 0.271 e. The lowest BCUT2D eigenvalue weighted by molar-refractivity contribution is 0.0962. The molecule has 0 aliphatic rings. The van der Waals surface area contributed by atoms with E-state index in [1.54, 1.807) is 10.7 Å². The van der Waals surface area contributed by atoms with Crippen LogP contribution in [0.25, 0.3) is 11.0 Å². The molecule has 0 aliphatic heterocycles. The zero-order valence-corrected chi connectivity index (χ0v) is 13.4. The van der Waals surface area contributed by atoms with Crippen LogP contribution in [0, 0.1) is 20.8 Å². The summed E-state index contributed by atoms with van der Waals surface area (Å²) < 4.78 is 1.69. The van der Waals surface area contributed by atoms with Crippen molar-refractivity contribution in [3.8, 4) is 0 Å². The SMILES string of the molecule is Cc1cc(C)nc(NNC(=O)c2cnc3c(c2)c(C)nn3C)n1. The molecule has 0 unspecified atom stereocenters. The van der Waals surface area contributed by atoms with Crippen molar-refractivity contribution in [3.63, 3.8) is 0 Å². The molecule has 1 amide bonds. The predicted molar refractivity (Wildman–Crippen MR) is 85.8 cm³/mol. The van der Waals surface area contributed by atoms with Crippen molar-refractivity contribution in [1.82, 2.24) is 30.2 Å². The number of hydrogen-bond donors (Lipinski definition) is 2. The lowest BCUT2D eigenvalue weighted by Gasteiger charge is -2.08. The topological polar surface area (TPSA) is 97.6 Å². The van der Waals surface area contributed by atoms with E-state index in [1.165, 1.54) is 6.20 Å². The normalized spacial score (nSPS) is 10.8. The maximum absolute atomic E-state index is 12.3. The van der Waals surface area contributed by atoms with Gasteiger partial charge in [0, 0.05) is 30.0 Å². The van der Waals surface area contributed by atoms with Crippen LogP contribution < -0.4 is 10.9 Å². The Balaban J connectivity index is 1.79. The molecule has 3 rings (SSSR count). The highest BCUT2D eigenvalue weighted by Gasteiger charge is 2.12. The summed E-state index contributed by atoms with van der Waals surface area (Å²) in [6.07, 6.45) is 1.52. The van der Waals surface area contributed by atoms with Crippen LogP contribution in [0.15, 0.2) is 18.3 Å². The van der Waals surface area contributed by atoms with Gasteiger partial charge in [0.1, 0.15) is 0 Å². The quantitative estimate of drug-likeness (QED) is 0.710. The molecule has 3 heterocycles. The minimum absolute atomic E-state index is 0.314. The Morgan fingerprint density at radius 2 is 1.83 bits per heavy atom. The van der Waals surface area contributed by atoms with Gasteiger partial charge in [-0.05, 0) is 32.9 Å². The summed E-state index contributed by atoms with van der Waals surface area (Å²) in [7, 11) is 1.82. The van der Waals surface area contributed by atoms with Crippen LogP contribution in [-0.4, -0.2) is 30.6 Å². The van der Waals surface area contributed by atoms with E-state index in [0.29, 0.717) is 11.5 Å². The van der Waals surface area contributed by atoms with Gasteiger partial charge in [-0.3, -0.25) is 20.3 Å². The van der Waals surface area contributed by atoms with E-state index in [4.69, 9.17) is 0 Å². The molecule has 2 N–H and O–H groups in total. The summed E-state index contributed by atoms with van der Waals surface area (Å²) in [5, 5.41) is 5.14. The molecule has 0 bridgehead atoms. The number of carbonyl (C=O) groups is 1. The molecule has 0 saturated heterocycles. The summed E-state index contributed by atoms with van der Waals surface area (Å²) in [6.45, 7) is 5.61. The number of fused-ring (bicyclic) bond motifs is 1. The number of nitrogens with zero attached hydrogens (tertiary/aromatic N) is 5. The molecule has 0 aromatic carbocycles. The number of carbonyl (C=O) groups excluding carboxylic acids is 1. The Hall–Kier alpha value is -3.03. The van der Waals surface area contributed by atoms with Crippen molar-refractivity contribution in [2.75, 3.05) is 5.43 Å². The zero-order chi connectivity index (χ0) is 16.6. The molecule has 3 aromatic heterocycles. The van der Waals surface area contributed by atoms with E-state index in [2.05, 4.69) is 30.9 Å². The molecule has 0 saturated carbocycles. The van der Waals surface area contributed by atoms with Crippen LogP contribution >= 0.6 is 0 Å². The number of pyridine rings is 1. The highest BCUT2D eigenvalue weighted by molar-refractivity contribution is 5.97. The monoisotopic (exact) mass is 311 g/mol. The fraction of sp³-hybridized carbons (Fsp3) is 0.267. The molecule has 3 aromatic rings. The smallest absolute Gasteiger partial charge is 0.267 e. The van der Waals surface area contributed by atoms with Crippen LogP contribution in [0.5, 0.6) is 0 Å². The van der Waals surface area contributed by atoms with Crippen molar-refractivity contribution in [2.45, 2.75) is 20.8 Å². The first-order chi connectivity index (χ1) is 10.9. The number of amides is 1. The molecule has 0 aliphatic carbocycles. The molecule has 23 heavy (non-hydrogen) atoms. The van der Waals surface area contributed by atoms with Gasteiger partial charge in [0.05, 0.1) is 11.3 Å². The molecule has 8 heteroatoms. The Morgan fingerprint density at radius 1 is 1.13 bits per heavy atom. The highest BCUT2D eigenvalue weighted by atomic mass is 16.2. The first-order valence-electron chi connectivity index (χ1n) is 7.12. The Kier molecular flexibility index (Phi) is 3.65.